The van der Waals surface area contributed by atoms with Gasteiger partial charge < -0.3 is 14.4 Å². The van der Waals surface area contributed by atoms with Gasteiger partial charge in [-0.3, -0.25) is 4.79 Å². The molecule has 0 radical (unpaired) electrons. The summed E-state index contributed by atoms with van der Waals surface area (Å²) in [5.41, 5.74) is 1.22. The lowest BCUT2D eigenvalue weighted by molar-refractivity contribution is -0.255. The Kier molecular flexibility index (Phi) is 5.60. The van der Waals surface area contributed by atoms with Gasteiger partial charge in [-0.05, 0) is 24.5 Å². The lowest BCUT2D eigenvalue weighted by atomic mass is 9.93. The second kappa shape index (κ2) is 7.71. The summed E-state index contributed by atoms with van der Waals surface area (Å²) in [7, 11) is 0. The van der Waals surface area contributed by atoms with E-state index in [2.05, 4.69) is 49.9 Å². The molecule has 2 aliphatic rings. The van der Waals surface area contributed by atoms with Crippen molar-refractivity contribution in [2.24, 2.45) is 5.41 Å². The molecule has 1 aromatic rings. The minimum atomic E-state index is -0.177. The summed E-state index contributed by atoms with van der Waals surface area (Å²) >= 11 is 0. The number of hydrogen-bond donors (Lipinski definition) is 0. The number of nitrogens with zero attached hydrogens (tertiary/aromatic N) is 1. The zero-order valence-electron chi connectivity index (χ0n) is 15.5. The number of hydrogen-bond acceptors (Lipinski definition) is 4. The average Bonchev–Trinajstić information content (AvgIpc) is 2.58. The van der Waals surface area contributed by atoms with Crippen molar-refractivity contribution in [2.75, 3.05) is 6.61 Å². The number of benzene rings is 1. The molecular weight excluding hydrogens is 314 g/mol. The lowest BCUT2D eigenvalue weighted by Gasteiger charge is -2.41. The minimum Gasteiger partial charge on any atom is -0.369 e. The average molecular weight is 343 g/mol. The van der Waals surface area contributed by atoms with Crippen LogP contribution >= 0.6 is 0 Å². The van der Waals surface area contributed by atoms with Crippen LogP contribution in [0.3, 0.4) is 0 Å². The van der Waals surface area contributed by atoms with Gasteiger partial charge in [-0.15, -0.1) is 0 Å². The SMILES string of the molecule is CC(C)(C)[C@H]1OCC[C@@H](C[C@@H]2CC(=O)C=CN2Cc2ccccc2)O1. The molecule has 0 bridgehead atoms. The maximum absolute atomic E-state index is 12.0. The molecule has 0 aliphatic carbocycles. The highest BCUT2D eigenvalue weighted by atomic mass is 16.7. The number of allylic oxidation sites excluding steroid dienone is 1. The van der Waals surface area contributed by atoms with E-state index in [1.54, 1.807) is 6.08 Å². The summed E-state index contributed by atoms with van der Waals surface area (Å²) in [6.45, 7) is 7.95. The largest absolute Gasteiger partial charge is 0.369 e. The van der Waals surface area contributed by atoms with E-state index < -0.39 is 0 Å². The predicted octanol–water partition coefficient (Wildman–Crippen LogP) is 3.91. The fourth-order valence-electron chi connectivity index (χ4n) is 3.43. The van der Waals surface area contributed by atoms with Crippen molar-refractivity contribution in [1.82, 2.24) is 4.90 Å². The molecule has 0 N–H and O–H groups in total. The number of ketones is 1. The summed E-state index contributed by atoms with van der Waals surface area (Å²) in [5.74, 6) is 0.203. The summed E-state index contributed by atoms with van der Waals surface area (Å²) in [6, 6.07) is 10.6. The number of carbonyl (C=O) groups is 1. The molecular formula is C21H29NO3. The van der Waals surface area contributed by atoms with Crippen molar-refractivity contribution < 1.29 is 14.3 Å². The van der Waals surface area contributed by atoms with Crippen LogP contribution in [0.25, 0.3) is 0 Å². The van der Waals surface area contributed by atoms with E-state index in [1.165, 1.54) is 5.56 Å². The third-order valence-electron chi connectivity index (χ3n) is 4.83. The molecule has 1 aromatic carbocycles. The van der Waals surface area contributed by atoms with E-state index in [4.69, 9.17) is 9.47 Å². The van der Waals surface area contributed by atoms with E-state index >= 15 is 0 Å². The van der Waals surface area contributed by atoms with Crippen LogP contribution in [-0.2, 0) is 20.8 Å². The van der Waals surface area contributed by atoms with Crippen LogP contribution in [0.5, 0.6) is 0 Å². The van der Waals surface area contributed by atoms with Crippen molar-refractivity contribution in [3.8, 4) is 0 Å². The molecule has 0 aromatic heterocycles. The molecule has 2 heterocycles. The molecule has 4 nitrogen and oxygen atoms in total. The molecule has 3 rings (SSSR count). The van der Waals surface area contributed by atoms with Gasteiger partial charge in [0.25, 0.3) is 0 Å². The van der Waals surface area contributed by atoms with Crippen LogP contribution in [0.15, 0.2) is 42.6 Å². The molecule has 1 saturated heterocycles. The first-order valence-electron chi connectivity index (χ1n) is 9.19. The van der Waals surface area contributed by atoms with Crippen LogP contribution < -0.4 is 0 Å². The molecule has 0 spiro atoms. The van der Waals surface area contributed by atoms with Gasteiger partial charge in [0.1, 0.15) is 0 Å². The fraction of sp³-hybridized carbons (Fsp3) is 0.571. The first-order valence-corrected chi connectivity index (χ1v) is 9.19. The molecule has 25 heavy (non-hydrogen) atoms. The molecule has 2 aliphatic heterocycles. The monoisotopic (exact) mass is 343 g/mol. The van der Waals surface area contributed by atoms with Gasteiger partial charge in [0.05, 0.1) is 12.7 Å². The number of rotatable bonds is 4. The maximum Gasteiger partial charge on any atom is 0.162 e. The second-order valence-corrected chi connectivity index (χ2v) is 8.15. The lowest BCUT2D eigenvalue weighted by Crippen LogP contribution is -2.44. The van der Waals surface area contributed by atoms with Crippen molar-refractivity contribution in [3.05, 3.63) is 48.2 Å². The van der Waals surface area contributed by atoms with Gasteiger partial charge in [-0.25, -0.2) is 0 Å². The Balaban J connectivity index is 1.66. The molecule has 4 heteroatoms. The van der Waals surface area contributed by atoms with Gasteiger partial charge in [-0.2, -0.15) is 0 Å². The van der Waals surface area contributed by atoms with Crippen LogP contribution in [0.1, 0.15) is 45.6 Å². The number of ether oxygens (including phenoxy) is 2. The van der Waals surface area contributed by atoms with Crippen molar-refractivity contribution in [1.29, 1.82) is 0 Å². The fourth-order valence-corrected chi connectivity index (χ4v) is 3.43. The maximum atomic E-state index is 12.0. The van der Waals surface area contributed by atoms with E-state index in [1.807, 2.05) is 12.3 Å². The molecule has 0 unspecified atom stereocenters. The quantitative estimate of drug-likeness (QED) is 0.831. The Labute approximate surface area is 150 Å². The van der Waals surface area contributed by atoms with Gasteiger partial charge >= 0.3 is 0 Å². The van der Waals surface area contributed by atoms with E-state index in [0.717, 1.165) is 26.0 Å². The highest BCUT2D eigenvalue weighted by Crippen LogP contribution is 2.31. The molecule has 3 atom stereocenters. The zero-order chi connectivity index (χ0) is 17.9. The topological polar surface area (TPSA) is 38.8 Å². The van der Waals surface area contributed by atoms with Gasteiger partial charge in [0, 0.05) is 30.6 Å². The summed E-state index contributed by atoms with van der Waals surface area (Å²) in [4.78, 5) is 14.2. The highest BCUT2D eigenvalue weighted by Gasteiger charge is 2.35. The first-order chi connectivity index (χ1) is 11.9. The van der Waals surface area contributed by atoms with Crippen molar-refractivity contribution >= 4 is 5.78 Å². The Bertz CT molecular complexity index is 605. The predicted molar refractivity (Wildman–Crippen MR) is 97.8 cm³/mol. The normalized spacial score (nSPS) is 27.6. The molecule has 136 valence electrons. The van der Waals surface area contributed by atoms with Crippen molar-refractivity contribution in [2.45, 2.75) is 65.0 Å². The van der Waals surface area contributed by atoms with Crippen LogP contribution in [-0.4, -0.2) is 35.7 Å². The Morgan fingerprint density at radius 1 is 1.20 bits per heavy atom. The third-order valence-corrected chi connectivity index (χ3v) is 4.83. The Morgan fingerprint density at radius 2 is 1.96 bits per heavy atom. The molecule has 0 amide bonds. The van der Waals surface area contributed by atoms with E-state index in [0.29, 0.717) is 6.42 Å². The third kappa shape index (κ3) is 4.93. The Hall–Kier alpha value is -1.65. The van der Waals surface area contributed by atoms with E-state index in [9.17, 15) is 4.79 Å². The van der Waals surface area contributed by atoms with E-state index in [-0.39, 0.29) is 29.6 Å². The number of carbonyl (C=O) groups excluding carboxylic acids is 1. The zero-order valence-corrected chi connectivity index (χ0v) is 15.5. The minimum absolute atomic E-state index is 0.0370. The summed E-state index contributed by atoms with van der Waals surface area (Å²) in [6.07, 6.45) is 5.92. The summed E-state index contributed by atoms with van der Waals surface area (Å²) < 4.78 is 12.0. The second-order valence-electron chi connectivity index (χ2n) is 8.15. The first kappa shape index (κ1) is 18.2. The van der Waals surface area contributed by atoms with Gasteiger partial charge in [-0.1, -0.05) is 51.1 Å². The van der Waals surface area contributed by atoms with Crippen LogP contribution in [0.2, 0.25) is 0 Å². The summed E-state index contributed by atoms with van der Waals surface area (Å²) in [5, 5.41) is 0. The van der Waals surface area contributed by atoms with Gasteiger partial charge in [0.2, 0.25) is 0 Å². The smallest absolute Gasteiger partial charge is 0.162 e. The Morgan fingerprint density at radius 3 is 2.68 bits per heavy atom. The van der Waals surface area contributed by atoms with Gasteiger partial charge in [0.15, 0.2) is 12.1 Å². The van der Waals surface area contributed by atoms with Crippen LogP contribution in [0.4, 0.5) is 0 Å². The standard InChI is InChI=1S/C21H29NO3/c1-21(2,3)20-24-12-10-19(25-20)14-17-13-18(23)9-11-22(17)15-16-7-5-4-6-8-16/h4-9,11,17,19-20H,10,12-15H2,1-3H3/t17-,19-,20-/m0/s1. The molecule has 0 saturated carbocycles. The van der Waals surface area contributed by atoms with Crippen molar-refractivity contribution in [3.63, 3.8) is 0 Å². The molecule has 1 fully saturated rings. The highest BCUT2D eigenvalue weighted by molar-refractivity contribution is 5.90. The van der Waals surface area contributed by atoms with Crippen LogP contribution in [0, 0.1) is 5.41 Å².